The van der Waals surface area contributed by atoms with Gasteiger partial charge in [0.05, 0.1) is 17.4 Å². The summed E-state index contributed by atoms with van der Waals surface area (Å²) in [5, 5.41) is 3.57. The Labute approximate surface area is 105 Å². The van der Waals surface area contributed by atoms with Crippen LogP contribution in [0.5, 0.6) is 11.8 Å². The maximum absolute atomic E-state index is 5.69. The average Bonchev–Trinajstić information content (AvgIpc) is 2.33. The molecule has 0 saturated carbocycles. The molecular weight excluding hydrogens is 238 g/mol. The quantitative estimate of drug-likeness (QED) is 0.905. The van der Waals surface area contributed by atoms with Crippen molar-refractivity contribution in [1.29, 1.82) is 0 Å². The zero-order valence-corrected chi connectivity index (χ0v) is 10.1. The summed E-state index contributed by atoms with van der Waals surface area (Å²) >= 11 is 5.69. The molecule has 0 aliphatic carbocycles. The molecule has 0 radical (unpaired) electrons. The predicted octanol–water partition coefficient (Wildman–Crippen LogP) is 2.64. The lowest BCUT2D eigenvalue weighted by atomic mass is 10.2. The van der Waals surface area contributed by atoms with Crippen LogP contribution in [-0.4, -0.2) is 17.0 Å². The number of hydrogen-bond donors (Lipinski definition) is 1. The number of rotatable bonds is 4. The summed E-state index contributed by atoms with van der Waals surface area (Å²) < 4.78 is 5.51. The highest BCUT2D eigenvalue weighted by Crippen LogP contribution is 2.19. The van der Waals surface area contributed by atoms with Crippen molar-refractivity contribution in [3.8, 4) is 11.8 Å². The van der Waals surface area contributed by atoms with Crippen LogP contribution in [0, 0.1) is 0 Å². The van der Waals surface area contributed by atoms with Crippen molar-refractivity contribution in [2.24, 2.45) is 0 Å². The van der Waals surface area contributed by atoms with Crippen LogP contribution >= 0.6 is 11.6 Å². The number of ether oxygens (including phenoxy) is 1. The van der Waals surface area contributed by atoms with Gasteiger partial charge >= 0.3 is 6.01 Å². The van der Waals surface area contributed by atoms with Gasteiger partial charge in [-0.25, -0.2) is 9.97 Å². The third-order valence-corrected chi connectivity index (χ3v) is 2.28. The standard InChI is InChI=1S/C12H12ClN3O/c1-14-6-9-3-2-4-11(5-9)17-12-15-7-10(13)8-16-12/h2-5,7-8,14H,6H2,1H3. The monoisotopic (exact) mass is 249 g/mol. The number of nitrogens with one attached hydrogen (secondary N) is 1. The van der Waals surface area contributed by atoms with Crippen LogP contribution in [0.2, 0.25) is 5.02 Å². The molecule has 88 valence electrons. The minimum Gasteiger partial charge on any atom is -0.424 e. The molecule has 1 aromatic carbocycles. The molecule has 0 aliphatic rings. The summed E-state index contributed by atoms with van der Waals surface area (Å²) in [7, 11) is 1.90. The topological polar surface area (TPSA) is 47.0 Å². The van der Waals surface area contributed by atoms with E-state index in [1.54, 1.807) is 0 Å². The van der Waals surface area contributed by atoms with Crippen LogP contribution in [-0.2, 0) is 6.54 Å². The molecule has 0 aliphatic heterocycles. The third kappa shape index (κ3) is 3.41. The van der Waals surface area contributed by atoms with Crippen LogP contribution in [0.15, 0.2) is 36.7 Å². The lowest BCUT2D eigenvalue weighted by Crippen LogP contribution is -2.04. The molecule has 0 fully saturated rings. The van der Waals surface area contributed by atoms with Gasteiger partial charge in [0, 0.05) is 6.54 Å². The normalized spacial score (nSPS) is 10.2. The lowest BCUT2D eigenvalue weighted by Gasteiger charge is -2.05. The zero-order chi connectivity index (χ0) is 12.1. The van der Waals surface area contributed by atoms with Gasteiger partial charge in [0.2, 0.25) is 0 Å². The first-order chi connectivity index (χ1) is 8.28. The van der Waals surface area contributed by atoms with Gasteiger partial charge in [-0.05, 0) is 24.7 Å². The first-order valence-corrected chi connectivity index (χ1v) is 5.54. The minimum absolute atomic E-state index is 0.288. The second kappa shape index (κ2) is 5.61. The van der Waals surface area contributed by atoms with Gasteiger partial charge in [-0.3, -0.25) is 0 Å². The van der Waals surface area contributed by atoms with Crippen LogP contribution in [0.1, 0.15) is 5.56 Å². The van der Waals surface area contributed by atoms with Crippen LogP contribution in [0.4, 0.5) is 0 Å². The molecule has 0 spiro atoms. The first kappa shape index (κ1) is 11.8. The largest absolute Gasteiger partial charge is 0.424 e. The van der Waals surface area contributed by atoms with E-state index < -0.39 is 0 Å². The van der Waals surface area contributed by atoms with Gasteiger partial charge in [0.1, 0.15) is 5.75 Å². The number of hydrogen-bond acceptors (Lipinski definition) is 4. The SMILES string of the molecule is CNCc1cccc(Oc2ncc(Cl)cn2)c1. The van der Waals surface area contributed by atoms with E-state index in [4.69, 9.17) is 16.3 Å². The van der Waals surface area contributed by atoms with Crippen molar-refractivity contribution in [2.45, 2.75) is 6.54 Å². The summed E-state index contributed by atoms with van der Waals surface area (Å²) in [5.74, 6) is 0.708. The molecular formula is C12H12ClN3O. The van der Waals surface area contributed by atoms with Crippen molar-refractivity contribution in [1.82, 2.24) is 15.3 Å². The van der Waals surface area contributed by atoms with Gasteiger partial charge in [0.25, 0.3) is 0 Å². The smallest absolute Gasteiger partial charge is 0.321 e. The minimum atomic E-state index is 0.288. The number of benzene rings is 1. The van der Waals surface area contributed by atoms with Crippen molar-refractivity contribution < 1.29 is 4.74 Å². The molecule has 4 nitrogen and oxygen atoms in total. The summed E-state index contributed by atoms with van der Waals surface area (Å²) in [6.45, 7) is 0.790. The van der Waals surface area contributed by atoms with E-state index in [-0.39, 0.29) is 6.01 Å². The van der Waals surface area contributed by atoms with Crippen LogP contribution < -0.4 is 10.1 Å². The molecule has 1 N–H and O–H groups in total. The molecule has 2 aromatic rings. The first-order valence-electron chi connectivity index (χ1n) is 5.17. The third-order valence-electron chi connectivity index (χ3n) is 2.09. The molecule has 1 heterocycles. The fourth-order valence-corrected chi connectivity index (χ4v) is 1.48. The maximum atomic E-state index is 5.69. The van der Waals surface area contributed by atoms with E-state index in [1.165, 1.54) is 12.4 Å². The summed E-state index contributed by atoms with van der Waals surface area (Å²) in [4.78, 5) is 7.94. The van der Waals surface area contributed by atoms with Crippen LogP contribution in [0.25, 0.3) is 0 Å². The van der Waals surface area contributed by atoms with Gasteiger partial charge < -0.3 is 10.1 Å². The maximum Gasteiger partial charge on any atom is 0.321 e. The Morgan fingerprint density at radius 1 is 1.29 bits per heavy atom. The summed E-state index contributed by atoms with van der Waals surface area (Å²) in [6.07, 6.45) is 3.00. The number of aromatic nitrogens is 2. The molecule has 5 heteroatoms. The zero-order valence-electron chi connectivity index (χ0n) is 9.35. The molecule has 0 saturated heterocycles. The van der Waals surface area contributed by atoms with Gasteiger partial charge in [-0.2, -0.15) is 0 Å². The molecule has 0 atom stereocenters. The molecule has 0 bridgehead atoms. The molecule has 1 aromatic heterocycles. The number of halogens is 1. The van der Waals surface area contributed by atoms with Gasteiger partial charge in [-0.15, -0.1) is 0 Å². The average molecular weight is 250 g/mol. The Hall–Kier alpha value is -1.65. The van der Waals surface area contributed by atoms with Gasteiger partial charge in [-0.1, -0.05) is 23.7 Å². The van der Waals surface area contributed by atoms with E-state index in [0.717, 1.165) is 12.1 Å². The molecule has 0 amide bonds. The molecule has 17 heavy (non-hydrogen) atoms. The van der Waals surface area contributed by atoms with E-state index in [1.807, 2.05) is 31.3 Å². The van der Waals surface area contributed by atoms with E-state index >= 15 is 0 Å². The van der Waals surface area contributed by atoms with Crippen molar-refractivity contribution >= 4 is 11.6 Å². The van der Waals surface area contributed by atoms with Crippen LogP contribution in [0.3, 0.4) is 0 Å². The van der Waals surface area contributed by atoms with Crippen molar-refractivity contribution in [3.05, 3.63) is 47.2 Å². The summed E-state index contributed by atoms with van der Waals surface area (Å²) in [5.41, 5.74) is 1.14. The molecule has 0 unspecified atom stereocenters. The Balaban J connectivity index is 2.12. The Bertz CT molecular complexity index is 487. The highest BCUT2D eigenvalue weighted by Gasteiger charge is 2.01. The second-order valence-electron chi connectivity index (χ2n) is 3.46. The van der Waals surface area contributed by atoms with Crippen molar-refractivity contribution in [2.75, 3.05) is 7.05 Å². The van der Waals surface area contributed by atoms with E-state index in [0.29, 0.717) is 10.8 Å². The van der Waals surface area contributed by atoms with Gasteiger partial charge in [0.15, 0.2) is 0 Å². The summed E-state index contributed by atoms with van der Waals surface area (Å²) in [6, 6.07) is 8.03. The Morgan fingerprint density at radius 3 is 2.76 bits per heavy atom. The Morgan fingerprint density at radius 2 is 2.06 bits per heavy atom. The Kier molecular flexibility index (Phi) is 3.90. The van der Waals surface area contributed by atoms with E-state index in [9.17, 15) is 0 Å². The number of nitrogens with zero attached hydrogens (tertiary/aromatic N) is 2. The fourth-order valence-electron chi connectivity index (χ4n) is 1.38. The van der Waals surface area contributed by atoms with E-state index in [2.05, 4.69) is 15.3 Å². The fraction of sp³-hybridized carbons (Fsp3) is 0.167. The molecule has 2 rings (SSSR count). The second-order valence-corrected chi connectivity index (χ2v) is 3.90. The highest BCUT2D eigenvalue weighted by atomic mass is 35.5. The highest BCUT2D eigenvalue weighted by molar-refractivity contribution is 6.30. The predicted molar refractivity (Wildman–Crippen MR) is 66.3 cm³/mol. The van der Waals surface area contributed by atoms with Crippen molar-refractivity contribution in [3.63, 3.8) is 0 Å². The lowest BCUT2D eigenvalue weighted by molar-refractivity contribution is 0.441.